The van der Waals surface area contributed by atoms with Gasteiger partial charge in [-0.05, 0) is 17.5 Å². The summed E-state index contributed by atoms with van der Waals surface area (Å²) in [6.45, 7) is 0. The van der Waals surface area contributed by atoms with E-state index in [4.69, 9.17) is 0 Å². The largest absolute Gasteiger partial charge is 0.298 e. The highest BCUT2D eigenvalue weighted by atomic mass is 79.9. The second kappa shape index (κ2) is 3.50. The Morgan fingerprint density at radius 1 is 1.21 bits per heavy atom. The summed E-state index contributed by atoms with van der Waals surface area (Å²) in [5.41, 5.74) is 0.362. The van der Waals surface area contributed by atoms with Crippen LogP contribution in [0.4, 0.5) is 4.39 Å². The molecular formula is C11H6BrFO. The van der Waals surface area contributed by atoms with Crippen molar-refractivity contribution in [1.82, 2.24) is 0 Å². The van der Waals surface area contributed by atoms with Crippen molar-refractivity contribution in [2.24, 2.45) is 0 Å². The van der Waals surface area contributed by atoms with Crippen LogP contribution in [0.1, 0.15) is 10.4 Å². The third kappa shape index (κ3) is 1.34. The number of carbonyl (C=O) groups excluding carboxylic acids is 1. The zero-order valence-electron chi connectivity index (χ0n) is 7.13. The molecular weight excluding hydrogens is 247 g/mol. The Kier molecular flexibility index (Phi) is 2.33. The number of rotatable bonds is 1. The molecule has 0 aromatic heterocycles. The predicted octanol–water partition coefficient (Wildman–Crippen LogP) is 3.55. The molecule has 0 amide bonds. The number of aldehydes is 1. The first-order valence-electron chi connectivity index (χ1n) is 4.06. The number of halogens is 2. The maximum Gasteiger partial charge on any atom is 0.151 e. The van der Waals surface area contributed by atoms with Crippen molar-refractivity contribution in [3.8, 4) is 0 Å². The minimum Gasteiger partial charge on any atom is -0.298 e. The molecule has 0 bridgehead atoms. The topological polar surface area (TPSA) is 17.1 Å². The van der Waals surface area contributed by atoms with Gasteiger partial charge >= 0.3 is 0 Å². The van der Waals surface area contributed by atoms with Crippen molar-refractivity contribution < 1.29 is 9.18 Å². The first kappa shape index (κ1) is 9.34. The lowest BCUT2D eigenvalue weighted by Crippen LogP contribution is -1.89. The van der Waals surface area contributed by atoms with Crippen LogP contribution in [0.25, 0.3) is 10.8 Å². The number of benzene rings is 2. The third-order valence-corrected chi connectivity index (χ3v) is 2.79. The van der Waals surface area contributed by atoms with Crippen molar-refractivity contribution in [2.75, 3.05) is 0 Å². The smallest absolute Gasteiger partial charge is 0.151 e. The van der Waals surface area contributed by atoms with Gasteiger partial charge in [-0.1, -0.05) is 34.1 Å². The van der Waals surface area contributed by atoms with Gasteiger partial charge in [0.25, 0.3) is 0 Å². The third-order valence-electron chi connectivity index (χ3n) is 2.10. The molecule has 0 radical (unpaired) electrons. The van der Waals surface area contributed by atoms with Crippen LogP contribution in [0.3, 0.4) is 0 Å². The molecule has 3 heteroatoms. The minimum absolute atomic E-state index is 0.362. The summed E-state index contributed by atoms with van der Waals surface area (Å²) in [5, 5.41) is 1.10. The summed E-state index contributed by atoms with van der Waals surface area (Å²) in [7, 11) is 0. The normalized spacial score (nSPS) is 10.4. The van der Waals surface area contributed by atoms with E-state index < -0.39 is 0 Å². The van der Waals surface area contributed by atoms with Crippen LogP contribution in [-0.4, -0.2) is 6.29 Å². The van der Waals surface area contributed by atoms with Crippen LogP contribution in [-0.2, 0) is 0 Å². The molecule has 70 valence electrons. The van der Waals surface area contributed by atoms with E-state index in [0.29, 0.717) is 21.7 Å². The summed E-state index contributed by atoms with van der Waals surface area (Å²) in [5.74, 6) is -0.370. The van der Waals surface area contributed by atoms with E-state index in [2.05, 4.69) is 15.9 Å². The molecule has 0 saturated carbocycles. The maximum atomic E-state index is 13.4. The van der Waals surface area contributed by atoms with E-state index in [1.165, 1.54) is 6.07 Å². The van der Waals surface area contributed by atoms with E-state index in [0.717, 1.165) is 5.39 Å². The van der Waals surface area contributed by atoms with Crippen molar-refractivity contribution in [2.45, 2.75) is 0 Å². The van der Waals surface area contributed by atoms with Crippen LogP contribution >= 0.6 is 15.9 Å². The fourth-order valence-corrected chi connectivity index (χ4v) is 1.88. The van der Waals surface area contributed by atoms with Crippen LogP contribution in [0, 0.1) is 5.82 Å². The Balaban J connectivity index is 2.98. The van der Waals surface area contributed by atoms with E-state index in [1.807, 2.05) is 0 Å². The summed E-state index contributed by atoms with van der Waals surface area (Å²) >= 11 is 3.21. The molecule has 2 aromatic carbocycles. The molecule has 0 heterocycles. The standard InChI is InChI=1S/C11H6BrFO/c12-9-5-4-7-2-1-3-10(13)11(7)8(9)6-14/h1-6H. The maximum absolute atomic E-state index is 13.4. The molecule has 0 aliphatic carbocycles. The SMILES string of the molecule is O=Cc1c(Br)ccc2cccc(F)c12. The van der Waals surface area contributed by atoms with E-state index in [1.54, 1.807) is 24.3 Å². The summed E-state index contributed by atoms with van der Waals surface area (Å²) in [6, 6.07) is 8.26. The molecule has 1 nitrogen and oxygen atoms in total. The van der Waals surface area contributed by atoms with Gasteiger partial charge in [-0.15, -0.1) is 0 Å². The molecule has 0 unspecified atom stereocenters. The minimum atomic E-state index is -0.370. The van der Waals surface area contributed by atoms with Gasteiger partial charge in [0.05, 0.1) is 0 Å². The second-order valence-electron chi connectivity index (χ2n) is 2.92. The first-order valence-corrected chi connectivity index (χ1v) is 4.85. The molecule has 0 aliphatic rings. The molecule has 0 aliphatic heterocycles. The highest BCUT2D eigenvalue weighted by Crippen LogP contribution is 2.26. The Morgan fingerprint density at radius 2 is 2.00 bits per heavy atom. The van der Waals surface area contributed by atoms with Crippen molar-refractivity contribution in [3.05, 3.63) is 46.2 Å². The van der Waals surface area contributed by atoms with Crippen LogP contribution in [0.5, 0.6) is 0 Å². The summed E-state index contributed by atoms with van der Waals surface area (Å²) < 4.78 is 14.0. The number of fused-ring (bicyclic) bond motifs is 1. The van der Waals surface area contributed by atoms with Gasteiger partial charge in [0, 0.05) is 15.4 Å². The van der Waals surface area contributed by atoms with Gasteiger partial charge in [0.15, 0.2) is 6.29 Å². The van der Waals surface area contributed by atoms with E-state index in [9.17, 15) is 9.18 Å². The van der Waals surface area contributed by atoms with Gasteiger partial charge in [-0.2, -0.15) is 0 Å². The number of carbonyl (C=O) groups is 1. The molecule has 0 fully saturated rings. The quantitative estimate of drug-likeness (QED) is 0.710. The molecule has 0 atom stereocenters. The predicted molar refractivity (Wildman–Crippen MR) is 57.0 cm³/mol. The molecule has 14 heavy (non-hydrogen) atoms. The van der Waals surface area contributed by atoms with Gasteiger partial charge < -0.3 is 0 Å². The van der Waals surface area contributed by atoms with Gasteiger partial charge in [0.1, 0.15) is 5.82 Å². The molecule has 0 N–H and O–H groups in total. The fraction of sp³-hybridized carbons (Fsp3) is 0. The number of hydrogen-bond donors (Lipinski definition) is 0. The summed E-state index contributed by atoms with van der Waals surface area (Å²) in [6.07, 6.45) is 0.662. The Bertz CT molecular complexity index is 508. The highest BCUT2D eigenvalue weighted by Gasteiger charge is 2.08. The lowest BCUT2D eigenvalue weighted by molar-refractivity contribution is 0.112. The van der Waals surface area contributed by atoms with Gasteiger partial charge in [0.2, 0.25) is 0 Å². The average molecular weight is 253 g/mol. The Hall–Kier alpha value is -1.22. The lowest BCUT2D eigenvalue weighted by Gasteiger charge is -2.03. The molecule has 0 spiro atoms. The van der Waals surface area contributed by atoms with Gasteiger partial charge in [-0.25, -0.2) is 4.39 Å². The monoisotopic (exact) mass is 252 g/mol. The first-order chi connectivity index (χ1) is 6.74. The average Bonchev–Trinajstić information content (AvgIpc) is 2.19. The molecule has 0 saturated heterocycles. The molecule has 2 rings (SSSR count). The fourth-order valence-electron chi connectivity index (χ4n) is 1.45. The van der Waals surface area contributed by atoms with Crippen molar-refractivity contribution >= 4 is 33.0 Å². The van der Waals surface area contributed by atoms with E-state index in [-0.39, 0.29) is 5.82 Å². The van der Waals surface area contributed by atoms with Crippen LogP contribution in [0.15, 0.2) is 34.8 Å². The zero-order chi connectivity index (χ0) is 10.1. The molecule has 2 aromatic rings. The Labute approximate surface area is 88.7 Å². The van der Waals surface area contributed by atoms with Crippen LogP contribution < -0.4 is 0 Å². The Morgan fingerprint density at radius 3 is 2.71 bits per heavy atom. The lowest BCUT2D eigenvalue weighted by atomic mass is 10.1. The highest BCUT2D eigenvalue weighted by molar-refractivity contribution is 9.10. The zero-order valence-corrected chi connectivity index (χ0v) is 8.71. The van der Waals surface area contributed by atoms with Gasteiger partial charge in [-0.3, -0.25) is 4.79 Å². The van der Waals surface area contributed by atoms with Crippen LogP contribution in [0.2, 0.25) is 0 Å². The number of hydrogen-bond acceptors (Lipinski definition) is 1. The van der Waals surface area contributed by atoms with E-state index >= 15 is 0 Å². The van der Waals surface area contributed by atoms with Crippen molar-refractivity contribution in [1.29, 1.82) is 0 Å². The second-order valence-corrected chi connectivity index (χ2v) is 3.77. The van der Waals surface area contributed by atoms with Crippen molar-refractivity contribution in [3.63, 3.8) is 0 Å². The summed E-state index contributed by atoms with van der Waals surface area (Å²) in [4.78, 5) is 10.8.